The van der Waals surface area contributed by atoms with Crippen LogP contribution in [0.2, 0.25) is 0 Å². The summed E-state index contributed by atoms with van der Waals surface area (Å²) >= 11 is 5.63. The minimum absolute atomic E-state index is 0.00393. The molecular formula is C10H7ClN2O. The summed E-state index contributed by atoms with van der Waals surface area (Å²) in [4.78, 5) is 4.05. The van der Waals surface area contributed by atoms with Crippen molar-refractivity contribution in [3.8, 4) is 0 Å². The summed E-state index contributed by atoms with van der Waals surface area (Å²) in [5.41, 5.74) is 0.466. The van der Waals surface area contributed by atoms with Gasteiger partial charge < -0.3 is 5.21 Å². The Labute approximate surface area is 85.6 Å². The third kappa shape index (κ3) is 1.54. The predicted octanol–water partition coefficient (Wildman–Crippen LogP) is 2.61. The van der Waals surface area contributed by atoms with Crippen molar-refractivity contribution >= 4 is 27.5 Å². The maximum atomic E-state index is 8.48. The first-order chi connectivity index (χ1) is 6.81. The number of hydrogen-bond acceptors (Lipinski definition) is 3. The van der Waals surface area contributed by atoms with Gasteiger partial charge in [0.1, 0.15) is 5.69 Å². The highest BCUT2D eigenvalue weighted by atomic mass is 35.5. The number of hydrogen-bond donors (Lipinski definition) is 1. The molecule has 3 nitrogen and oxygen atoms in total. The lowest BCUT2D eigenvalue weighted by molar-refractivity contribution is 0.320. The standard InChI is InChI=1S/C10H7ClN2O/c11-10(13-14)9-5-7-3-1-2-4-8(7)6-12-9/h1-6,14H/b13-10-. The summed E-state index contributed by atoms with van der Waals surface area (Å²) < 4.78 is 0. The molecule has 0 amide bonds. The van der Waals surface area contributed by atoms with Crippen molar-refractivity contribution in [2.24, 2.45) is 5.16 Å². The Morgan fingerprint density at radius 2 is 2.00 bits per heavy atom. The number of fused-ring (bicyclic) bond motifs is 1. The van der Waals surface area contributed by atoms with Gasteiger partial charge in [0.15, 0.2) is 5.17 Å². The molecule has 0 bridgehead atoms. The third-order valence-corrected chi connectivity index (χ3v) is 2.20. The van der Waals surface area contributed by atoms with Gasteiger partial charge in [-0.15, -0.1) is 0 Å². The van der Waals surface area contributed by atoms with Gasteiger partial charge in [0.05, 0.1) is 0 Å². The minimum atomic E-state index is -0.00393. The van der Waals surface area contributed by atoms with Crippen molar-refractivity contribution in [1.29, 1.82) is 0 Å². The van der Waals surface area contributed by atoms with Gasteiger partial charge in [0.2, 0.25) is 0 Å². The Hall–Kier alpha value is -1.61. The Morgan fingerprint density at radius 1 is 1.29 bits per heavy atom. The zero-order chi connectivity index (χ0) is 9.97. The fourth-order valence-corrected chi connectivity index (χ4v) is 1.35. The molecule has 0 aliphatic carbocycles. The maximum absolute atomic E-state index is 8.48. The zero-order valence-electron chi connectivity index (χ0n) is 7.18. The van der Waals surface area contributed by atoms with Crippen LogP contribution in [0.25, 0.3) is 10.8 Å². The van der Waals surface area contributed by atoms with E-state index in [1.165, 1.54) is 0 Å². The van der Waals surface area contributed by atoms with E-state index < -0.39 is 0 Å². The predicted molar refractivity (Wildman–Crippen MR) is 55.9 cm³/mol. The Morgan fingerprint density at radius 3 is 2.71 bits per heavy atom. The van der Waals surface area contributed by atoms with E-state index in [1.54, 1.807) is 12.3 Å². The highest BCUT2D eigenvalue weighted by Crippen LogP contribution is 2.14. The normalized spacial score (nSPS) is 11.9. The monoisotopic (exact) mass is 206 g/mol. The molecule has 14 heavy (non-hydrogen) atoms. The molecule has 2 rings (SSSR count). The summed E-state index contributed by atoms with van der Waals surface area (Å²) in [6.07, 6.45) is 1.69. The molecule has 0 radical (unpaired) electrons. The molecule has 0 atom stereocenters. The summed E-state index contributed by atoms with van der Waals surface area (Å²) in [5, 5.41) is 13.4. The molecule has 1 N–H and O–H groups in total. The van der Waals surface area contributed by atoms with Crippen molar-refractivity contribution < 1.29 is 5.21 Å². The number of oxime groups is 1. The highest BCUT2D eigenvalue weighted by Gasteiger charge is 2.02. The minimum Gasteiger partial charge on any atom is -0.410 e. The van der Waals surface area contributed by atoms with Crippen molar-refractivity contribution in [1.82, 2.24) is 4.98 Å². The second-order valence-electron chi connectivity index (χ2n) is 2.81. The Bertz CT molecular complexity index is 496. The van der Waals surface area contributed by atoms with Crippen LogP contribution in [0.3, 0.4) is 0 Å². The first-order valence-electron chi connectivity index (χ1n) is 4.04. The molecule has 0 saturated heterocycles. The van der Waals surface area contributed by atoms with Gasteiger partial charge in [-0.3, -0.25) is 4.98 Å². The largest absolute Gasteiger partial charge is 0.410 e. The van der Waals surface area contributed by atoms with Crippen LogP contribution >= 0.6 is 11.6 Å². The quantitative estimate of drug-likeness (QED) is 0.443. The molecule has 1 heterocycles. The molecule has 4 heteroatoms. The molecule has 1 aromatic heterocycles. The van der Waals surface area contributed by atoms with E-state index in [1.807, 2.05) is 24.3 Å². The van der Waals surface area contributed by atoms with E-state index in [0.717, 1.165) is 10.8 Å². The second-order valence-corrected chi connectivity index (χ2v) is 3.17. The van der Waals surface area contributed by atoms with Gasteiger partial charge in [-0.2, -0.15) is 0 Å². The summed E-state index contributed by atoms with van der Waals surface area (Å²) in [6.45, 7) is 0. The second kappa shape index (κ2) is 3.64. The molecule has 0 aliphatic heterocycles. The van der Waals surface area contributed by atoms with Gasteiger partial charge >= 0.3 is 0 Å². The summed E-state index contributed by atoms with van der Waals surface area (Å²) in [5.74, 6) is 0. The highest BCUT2D eigenvalue weighted by molar-refractivity contribution is 6.69. The Balaban J connectivity index is 2.62. The average Bonchev–Trinajstić information content (AvgIpc) is 2.27. The Kier molecular flexibility index (Phi) is 2.33. The number of rotatable bonds is 1. The van der Waals surface area contributed by atoms with Gasteiger partial charge in [-0.05, 0) is 11.5 Å². The van der Waals surface area contributed by atoms with Gasteiger partial charge in [0, 0.05) is 11.6 Å². The fraction of sp³-hybridized carbons (Fsp3) is 0. The van der Waals surface area contributed by atoms with Crippen LogP contribution in [0, 0.1) is 0 Å². The van der Waals surface area contributed by atoms with E-state index in [-0.39, 0.29) is 5.17 Å². The number of aromatic nitrogens is 1. The van der Waals surface area contributed by atoms with Crippen LogP contribution in [0.4, 0.5) is 0 Å². The molecule has 1 aromatic carbocycles. The molecule has 0 unspecified atom stereocenters. The van der Waals surface area contributed by atoms with E-state index in [9.17, 15) is 0 Å². The van der Waals surface area contributed by atoms with Crippen molar-refractivity contribution in [2.75, 3.05) is 0 Å². The first kappa shape index (κ1) is 8.97. The lowest BCUT2D eigenvalue weighted by Crippen LogP contribution is -1.94. The topological polar surface area (TPSA) is 45.5 Å². The molecule has 70 valence electrons. The SMILES string of the molecule is O/N=C(\Cl)c1cc2ccccc2cn1. The number of benzene rings is 1. The molecule has 0 saturated carbocycles. The lowest BCUT2D eigenvalue weighted by Gasteiger charge is -1.99. The molecule has 0 aliphatic rings. The zero-order valence-corrected chi connectivity index (χ0v) is 7.94. The summed E-state index contributed by atoms with van der Waals surface area (Å²) in [6, 6.07) is 9.54. The molecule has 0 fully saturated rings. The van der Waals surface area contributed by atoms with Crippen LogP contribution in [0.15, 0.2) is 41.7 Å². The molecule has 2 aromatic rings. The molecule has 0 spiro atoms. The van der Waals surface area contributed by atoms with E-state index in [0.29, 0.717) is 5.69 Å². The van der Waals surface area contributed by atoms with E-state index in [2.05, 4.69) is 10.1 Å². The van der Waals surface area contributed by atoms with Gasteiger partial charge in [0.25, 0.3) is 0 Å². The van der Waals surface area contributed by atoms with E-state index >= 15 is 0 Å². The van der Waals surface area contributed by atoms with Gasteiger partial charge in [-0.25, -0.2) is 0 Å². The van der Waals surface area contributed by atoms with Crippen molar-refractivity contribution in [3.63, 3.8) is 0 Å². The number of nitrogens with zero attached hydrogens (tertiary/aromatic N) is 2. The van der Waals surface area contributed by atoms with Crippen LogP contribution < -0.4 is 0 Å². The number of halogens is 1. The summed E-state index contributed by atoms with van der Waals surface area (Å²) in [7, 11) is 0. The first-order valence-corrected chi connectivity index (χ1v) is 4.42. The number of pyridine rings is 1. The van der Waals surface area contributed by atoms with Crippen molar-refractivity contribution in [3.05, 3.63) is 42.2 Å². The van der Waals surface area contributed by atoms with Crippen LogP contribution in [0.1, 0.15) is 5.69 Å². The fourth-order valence-electron chi connectivity index (χ4n) is 1.25. The van der Waals surface area contributed by atoms with Crippen LogP contribution in [0.5, 0.6) is 0 Å². The average molecular weight is 207 g/mol. The van der Waals surface area contributed by atoms with Crippen molar-refractivity contribution in [2.45, 2.75) is 0 Å². The third-order valence-electron chi connectivity index (χ3n) is 1.93. The van der Waals surface area contributed by atoms with Gasteiger partial charge in [-0.1, -0.05) is 41.0 Å². The lowest BCUT2D eigenvalue weighted by atomic mass is 10.1. The molecular weight excluding hydrogens is 200 g/mol. The van der Waals surface area contributed by atoms with E-state index in [4.69, 9.17) is 16.8 Å². The van der Waals surface area contributed by atoms with Crippen LogP contribution in [-0.4, -0.2) is 15.4 Å². The smallest absolute Gasteiger partial charge is 0.193 e. The van der Waals surface area contributed by atoms with Crippen LogP contribution in [-0.2, 0) is 0 Å². The maximum Gasteiger partial charge on any atom is 0.193 e.